The number of terminal acetylenes is 1. The first-order valence-electron chi connectivity index (χ1n) is 5.52. The fourth-order valence-corrected chi connectivity index (χ4v) is 1.40. The SMILES string of the molecule is C#CCCCNC(CC)CCCC. The summed E-state index contributed by atoms with van der Waals surface area (Å²) >= 11 is 0. The van der Waals surface area contributed by atoms with E-state index in [1.807, 2.05) is 0 Å². The van der Waals surface area contributed by atoms with E-state index in [2.05, 4.69) is 25.1 Å². The fraction of sp³-hybridized carbons (Fsp3) is 0.833. The molecule has 0 aliphatic carbocycles. The molecule has 0 fully saturated rings. The Kier molecular flexibility index (Phi) is 9.25. The number of rotatable bonds is 8. The third kappa shape index (κ3) is 7.87. The lowest BCUT2D eigenvalue weighted by molar-refractivity contribution is 0.450. The monoisotopic (exact) mass is 181 g/mol. The molecule has 76 valence electrons. The van der Waals surface area contributed by atoms with Crippen LogP contribution < -0.4 is 5.32 Å². The zero-order valence-corrected chi connectivity index (χ0v) is 9.10. The lowest BCUT2D eigenvalue weighted by Gasteiger charge is -2.15. The third-order valence-electron chi connectivity index (χ3n) is 2.33. The first-order chi connectivity index (χ1) is 6.35. The molecule has 0 saturated heterocycles. The van der Waals surface area contributed by atoms with Crippen molar-refractivity contribution in [2.75, 3.05) is 6.54 Å². The Morgan fingerprint density at radius 2 is 2.08 bits per heavy atom. The largest absolute Gasteiger partial charge is 0.314 e. The maximum absolute atomic E-state index is 5.18. The second kappa shape index (κ2) is 9.61. The molecule has 13 heavy (non-hydrogen) atoms. The standard InChI is InChI=1S/C12H23N/c1-4-7-9-11-13-12(6-3)10-8-5-2/h1,12-13H,5-11H2,2-3H3. The minimum absolute atomic E-state index is 0.706. The second-order valence-electron chi connectivity index (χ2n) is 3.51. The van der Waals surface area contributed by atoms with Crippen LogP contribution in [0, 0.1) is 12.3 Å². The molecule has 1 heteroatoms. The van der Waals surface area contributed by atoms with Crippen LogP contribution >= 0.6 is 0 Å². The van der Waals surface area contributed by atoms with E-state index in [0.29, 0.717) is 6.04 Å². The molecular formula is C12H23N. The summed E-state index contributed by atoms with van der Waals surface area (Å²) in [5.41, 5.74) is 0. The summed E-state index contributed by atoms with van der Waals surface area (Å²) in [5, 5.41) is 3.54. The molecule has 0 radical (unpaired) electrons. The van der Waals surface area contributed by atoms with Crippen LogP contribution in [-0.2, 0) is 0 Å². The molecule has 0 aliphatic heterocycles. The molecule has 1 N–H and O–H groups in total. The molecule has 1 unspecified atom stereocenters. The topological polar surface area (TPSA) is 12.0 Å². The highest BCUT2D eigenvalue weighted by atomic mass is 14.9. The lowest BCUT2D eigenvalue weighted by atomic mass is 10.1. The van der Waals surface area contributed by atoms with E-state index in [9.17, 15) is 0 Å². The summed E-state index contributed by atoms with van der Waals surface area (Å²) in [6.45, 7) is 5.56. The van der Waals surface area contributed by atoms with Crippen LogP contribution in [-0.4, -0.2) is 12.6 Å². The van der Waals surface area contributed by atoms with Crippen LogP contribution in [0.3, 0.4) is 0 Å². The van der Waals surface area contributed by atoms with Gasteiger partial charge in [0.15, 0.2) is 0 Å². The van der Waals surface area contributed by atoms with Crippen molar-refractivity contribution in [1.29, 1.82) is 0 Å². The molecule has 1 nitrogen and oxygen atoms in total. The molecule has 0 aliphatic rings. The molecule has 0 aromatic carbocycles. The summed E-state index contributed by atoms with van der Waals surface area (Å²) < 4.78 is 0. The van der Waals surface area contributed by atoms with E-state index in [1.54, 1.807) is 0 Å². The van der Waals surface area contributed by atoms with Gasteiger partial charge < -0.3 is 5.32 Å². The molecule has 0 bridgehead atoms. The summed E-state index contributed by atoms with van der Waals surface area (Å²) in [6.07, 6.45) is 12.4. The van der Waals surface area contributed by atoms with Gasteiger partial charge in [-0.05, 0) is 25.8 Å². The molecule has 0 amide bonds. The van der Waals surface area contributed by atoms with Crippen molar-refractivity contribution >= 4 is 0 Å². The molecule has 0 heterocycles. The van der Waals surface area contributed by atoms with E-state index in [-0.39, 0.29) is 0 Å². The number of hydrogen-bond acceptors (Lipinski definition) is 1. The second-order valence-corrected chi connectivity index (χ2v) is 3.51. The maximum Gasteiger partial charge on any atom is 0.00981 e. The van der Waals surface area contributed by atoms with E-state index >= 15 is 0 Å². The van der Waals surface area contributed by atoms with Gasteiger partial charge in [-0.1, -0.05) is 26.7 Å². The quantitative estimate of drug-likeness (QED) is 0.448. The van der Waals surface area contributed by atoms with E-state index < -0.39 is 0 Å². The molecule has 1 atom stereocenters. The van der Waals surface area contributed by atoms with Gasteiger partial charge in [-0.3, -0.25) is 0 Å². The normalized spacial score (nSPS) is 12.4. The Balaban J connectivity index is 3.32. The average molecular weight is 181 g/mol. The summed E-state index contributed by atoms with van der Waals surface area (Å²) in [5.74, 6) is 2.66. The predicted octanol–water partition coefficient (Wildman–Crippen LogP) is 2.96. The summed E-state index contributed by atoms with van der Waals surface area (Å²) in [6, 6.07) is 0.706. The van der Waals surface area contributed by atoms with Crippen LogP contribution in [0.25, 0.3) is 0 Å². The average Bonchev–Trinajstić information content (AvgIpc) is 2.17. The van der Waals surface area contributed by atoms with Gasteiger partial charge in [0.05, 0.1) is 0 Å². The zero-order valence-electron chi connectivity index (χ0n) is 9.10. The van der Waals surface area contributed by atoms with Crippen molar-refractivity contribution in [3.8, 4) is 12.3 Å². The number of hydrogen-bond donors (Lipinski definition) is 1. The van der Waals surface area contributed by atoms with Crippen molar-refractivity contribution < 1.29 is 0 Å². The summed E-state index contributed by atoms with van der Waals surface area (Å²) in [4.78, 5) is 0. The van der Waals surface area contributed by atoms with Crippen LogP contribution in [0.2, 0.25) is 0 Å². The molecule has 0 aromatic heterocycles. The maximum atomic E-state index is 5.18. The lowest BCUT2D eigenvalue weighted by Crippen LogP contribution is -2.29. The van der Waals surface area contributed by atoms with Crippen LogP contribution in [0.4, 0.5) is 0 Å². The molecule has 0 saturated carbocycles. The van der Waals surface area contributed by atoms with Gasteiger partial charge in [-0.2, -0.15) is 0 Å². The third-order valence-corrected chi connectivity index (χ3v) is 2.33. The fourth-order valence-electron chi connectivity index (χ4n) is 1.40. The Morgan fingerprint density at radius 1 is 1.31 bits per heavy atom. The van der Waals surface area contributed by atoms with Gasteiger partial charge in [0.2, 0.25) is 0 Å². The van der Waals surface area contributed by atoms with Crippen LogP contribution in [0.5, 0.6) is 0 Å². The Labute approximate surface area is 83.3 Å². The Bertz CT molecular complexity index is 135. The van der Waals surface area contributed by atoms with Crippen molar-refractivity contribution in [3.05, 3.63) is 0 Å². The van der Waals surface area contributed by atoms with Crippen molar-refractivity contribution in [2.24, 2.45) is 0 Å². The molecule has 0 spiro atoms. The number of unbranched alkanes of at least 4 members (excludes halogenated alkanes) is 2. The highest BCUT2D eigenvalue weighted by Crippen LogP contribution is 2.03. The first kappa shape index (κ1) is 12.5. The Morgan fingerprint density at radius 3 is 2.62 bits per heavy atom. The van der Waals surface area contributed by atoms with Crippen molar-refractivity contribution in [3.63, 3.8) is 0 Å². The first-order valence-corrected chi connectivity index (χ1v) is 5.52. The molecular weight excluding hydrogens is 158 g/mol. The Hall–Kier alpha value is -0.480. The molecule has 0 rings (SSSR count). The van der Waals surface area contributed by atoms with E-state index in [1.165, 1.54) is 25.7 Å². The zero-order chi connectivity index (χ0) is 9.94. The summed E-state index contributed by atoms with van der Waals surface area (Å²) in [7, 11) is 0. The van der Waals surface area contributed by atoms with E-state index in [4.69, 9.17) is 6.42 Å². The molecule has 0 aromatic rings. The smallest absolute Gasteiger partial charge is 0.00981 e. The highest BCUT2D eigenvalue weighted by molar-refractivity contribution is 4.83. The van der Waals surface area contributed by atoms with Crippen LogP contribution in [0.1, 0.15) is 52.4 Å². The van der Waals surface area contributed by atoms with Gasteiger partial charge in [0.25, 0.3) is 0 Å². The van der Waals surface area contributed by atoms with Gasteiger partial charge in [0, 0.05) is 12.5 Å². The van der Waals surface area contributed by atoms with E-state index in [0.717, 1.165) is 19.4 Å². The predicted molar refractivity (Wildman–Crippen MR) is 59.7 cm³/mol. The minimum atomic E-state index is 0.706. The van der Waals surface area contributed by atoms with Gasteiger partial charge in [0.1, 0.15) is 0 Å². The highest BCUT2D eigenvalue weighted by Gasteiger charge is 2.02. The van der Waals surface area contributed by atoms with Gasteiger partial charge >= 0.3 is 0 Å². The van der Waals surface area contributed by atoms with Gasteiger partial charge in [-0.15, -0.1) is 12.3 Å². The van der Waals surface area contributed by atoms with Gasteiger partial charge in [-0.25, -0.2) is 0 Å². The number of nitrogens with one attached hydrogen (secondary N) is 1. The van der Waals surface area contributed by atoms with Crippen molar-refractivity contribution in [1.82, 2.24) is 5.32 Å². The minimum Gasteiger partial charge on any atom is -0.314 e. The van der Waals surface area contributed by atoms with Crippen LogP contribution in [0.15, 0.2) is 0 Å². The van der Waals surface area contributed by atoms with Crippen molar-refractivity contribution in [2.45, 2.75) is 58.4 Å².